The number of benzene rings is 3. The van der Waals surface area contributed by atoms with Crippen molar-refractivity contribution >= 4 is 57.5 Å². The van der Waals surface area contributed by atoms with Crippen molar-refractivity contribution in [1.82, 2.24) is 4.98 Å². The number of amides is 2. The molecule has 2 aliphatic rings. The average Bonchev–Trinajstić information content (AvgIpc) is 3.65. The zero-order valence-electron chi connectivity index (χ0n) is 20.1. The van der Waals surface area contributed by atoms with Crippen LogP contribution in [-0.2, 0) is 22.4 Å². The highest BCUT2D eigenvalue weighted by molar-refractivity contribution is 7.09. The highest BCUT2D eigenvalue weighted by Crippen LogP contribution is 2.39. The number of hydrogen-bond acceptors (Lipinski definition) is 6. The van der Waals surface area contributed by atoms with E-state index in [2.05, 4.69) is 15.6 Å². The molecular weight excluding hydrogens is 500 g/mol. The summed E-state index contributed by atoms with van der Waals surface area (Å²) in [6.45, 7) is 0.608. The Hall–Kier alpha value is -4.76. The third-order valence-corrected chi connectivity index (χ3v) is 7.43. The van der Waals surface area contributed by atoms with E-state index in [-0.39, 0.29) is 23.8 Å². The first-order valence-corrected chi connectivity index (χ1v) is 12.9. The topological polar surface area (TPSA) is 112 Å². The number of carboxylic acids is 1. The molecule has 0 saturated carbocycles. The predicted molar refractivity (Wildman–Crippen MR) is 147 cm³/mol. The molecule has 0 aliphatic carbocycles. The second-order valence-electron chi connectivity index (χ2n) is 9.00. The summed E-state index contributed by atoms with van der Waals surface area (Å²) in [5.74, 6) is -1.35. The fourth-order valence-corrected chi connectivity index (χ4v) is 5.49. The number of rotatable bonds is 6. The SMILES string of the molecule is O=C1Nc2cc(C(=O)O)ccc2/C1=C(/Nc1ccc2c(c1)CCN2C(=O)Cc1nccs1)c1ccccc1. The maximum absolute atomic E-state index is 13.1. The lowest BCUT2D eigenvalue weighted by atomic mass is 9.99. The van der Waals surface area contributed by atoms with Crippen LogP contribution >= 0.6 is 11.3 Å². The molecule has 6 rings (SSSR count). The molecule has 38 heavy (non-hydrogen) atoms. The Balaban J connectivity index is 1.35. The Morgan fingerprint density at radius 3 is 2.66 bits per heavy atom. The molecule has 3 aromatic carbocycles. The molecule has 8 nitrogen and oxygen atoms in total. The van der Waals surface area contributed by atoms with Crippen molar-refractivity contribution in [1.29, 1.82) is 0 Å². The molecule has 188 valence electrons. The maximum Gasteiger partial charge on any atom is 0.335 e. The van der Waals surface area contributed by atoms with E-state index in [1.165, 1.54) is 23.5 Å². The van der Waals surface area contributed by atoms with E-state index in [9.17, 15) is 19.5 Å². The van der Waals surface area contributed by atoms with E-state index in [0.717, 1.165) is 33.9 Å². The molecule has 0 atom stereocenters. The van der Waals surface area contributed by atoms with Crippen LogP contribution in [0.3, 0.4) is 0 Å². The van der Waals surface area contributed by atoms with Gasteiger partial charge in [-0.25, -0.2) is 9.78 Å². The number of aromatic nitrogens is 1. The van der Waals surface area contributed by atoms with Gasteiger partial charge in [0, 0.05) is 35.1 Å². The number of anilines is 3. The van der Waals surface area contributed by atoms with Gasteiger partial charge in [0.2, 0.25) is 5.91 Å². The number of nitrogens with zero attached hydrogens (tertiary/aromatic N) is 2. The molecule has 3 N–H and O–H groups in total. The lowest BCUT2D eigenvalue weighted by molar-refractivity contribution is -0.118. The van der Waals surface area contributed by atoms with Crippen LogP contribution in [0.2, 0.25) is 0 Å². The summed E-state index contributed by atoms with van der Waals surface area (Å²) in [4.78, 5) is 43.5. The van der Waals surface area contributed by atoms with E-state index >= 15 is 0 Å². The summed E-state index contributed by atoms with van der Waals surface area (Å²) in [6, 6.07) is 20.0. The Labute approximate surface area is 222 Å². The first kappa shape index (κ1) is 23.6. The molecule has 1 aromatic heterocycles. The van der Waals surface area contributed by atoms with Crippen molar-refractivity contribution < 1.29 is 19.5 Å². The van der Waals surface area contributed by atoms with Crippen molar-refractivity contribution in [3.63, 3.8) is 0 Å². The first-order valence-electron chi connectivity index (χ1n) is 12.1. The van der Waals surface area contributed by atoms with Gasteiger partial charge >= 0.3 is 5.97 Å². The summed E-state index contributed by atoms with van der Waals surface area (Å²) >= 11 is 1.47. The van der Waals surface area contributed by atoms with E-state index in [1.807, 2.05) is 53.9 Å². The first-order chi connectivity index (χ1) is 18.5. The number of aromatic carboxylic acids is 1. The minimum Gasteiger partial charge on any atom is -0.478 e. The lowest BCUT2D eigenvalue weighted by Gasteiger charge is -2.18. The van der Waals surface area contributed by atoms with Gasteiger partial charge in [-0.05, 0) is 47.9 Å². The fraction of sp³-hybridized carbons (Fsp3) is 0.103. The Morgan fingerprint density at radius 2 is 1.89 bits per heavy atom. The van der Waals surface area contributed by atoms with Gasteiger partial charge in [-0.1, -0.05) is 36.4 Å². The van der Waals surface area contributed by atoms with E-state index in [1.54, 1.807) is 17.2 Å². The molecule has 3 heterocycles. The highest BCUT2D eigenvalue weighted by Gasteiger charge is 2.30. The quantitative estimate of drug-likeness (QED) is 0.311. The largest absolute Gasteiger partial charge is 0.478 e. The van der Waals surface area contributed by atoms with Crippen LogP contribution in [0.1, 0.15) is 32.1 Å². The number of hydrogen-bond donors (Lipinski definition) is 3. The third-order valence-electron chi connectivity index (χ3n) is 6.65. The Bertz CT molecular complexity index is 1610. The number of fused-ring (bicyclic) bond motifs is 2. The monoisotopic (exact) mass is 522 g/mol. The van der Waals surface area contributed by atoms with Gasteiger partial charge < -0.3 is 20.6 Å². The Kier molecular flexibility index (Phi) is 5.97. The van der Waals surface area contributed by atoms with Crippen molar-refractivity contribution in [3.8, 4) is 0 Å². The molecule has 2 amide bonds. The lowest BCUT2D eigenvalue weighted by Crippen LogP contribution is -2.30. The Morgan fingerprint density at radius 1 is 1.05 bits per heavy atom. The molecule has 0 unspecified atom stereocenters. The van der Waals surface area contributed by atoms with Crippen LogP contribution in [0.25, 0.3) is 11.3 Å². The maximum atomic E-state index is 13.1. The van der Waals surface area contributed by atoms with Crippen molar-refractivity contribution in [2.24, 2.45) is 0 Å². The predicted octanol–water partition coefficient (Wildman–Crippen LogP) is 4.91. The number of nitrogens with one attached hydrogen (secondary N) is 2. The van der Waals surface area contributed by atoms with Crippen LogP contribution in [0, 0.1) is 0 Å². The normalized spacial score (nSPS) is 15.1. The second kappa shape index (κ2) is 9.60. The summed E-state index contributed by atoms with van der Waals surface area (Å²) in [7, 11) is 0. The molecule has 9 heteroatoms. The van der Waals surface area contributed by atoms with Gasteiger partial charge in [-0.15, -0.1) is 11.3 Å². The number of carboxylic acid groups (broad SMARTS) is 1. The standard InChI is InChI=1S/C29H22N4O4S/c34-25(16-24-30-11-13-38-24)33-12-10-18-14-20(7-9-23(18)33)31-27(17-4-2-1-3-5-17)26-21-8-6-19(29(36)37)15-22(21)32-28(26)35/h1-9,11,13-15,31H,10,12,16H2,(H,32,35)(H,36,37)/b27-26-. The van der Waals surface area contributed by atoms with Crippen LogP contribution in [0.4, 0.5) is 17.1 Å². The number of carbonyl (C=O) groups excluding carboxylic acids is 2. The van der Waals surface area contributed by atoms with Crippen LogP contribution < -0.4 is 15.5 Å². The molecule has 2 aliphatic heterocycles. The molecule has 0 bridgehead atoms. The average molecular weight is 523 g/mol. The van der Waals surface area contributed by atoms with Crippen molar-refractivity contribution in [2.75, 3.05) is 22.1 Å². The van der Waals surface area contributed by atoms with E-state index in [0.29, 0.717) is 29.1 Å². The summed E-state index contributed by atoms with van der Waals surface area (Å²) in [5, 5.41) is 18.3. The summed E-state index contributed by atoms with van der Waals surface area (Å²) < 4.78 is 0. The zero-order chi connectivity index (χ0) is 26.2. The molecule has 0 saturated heterocycles. The van der Waals surface area contributed by atoms with E-state index in [4.69, 9.17) is 0 Å². The summed E-state index contributed by atoms with van der Waals surface area (Å²) in [6.07, 6.45) is 2.71. The molecule has 0 spiro atoms. The van der Waals surface area contributed by atoms with Gasteiger partial charge in [-0.2, -0.15) is 0 Å². The minimum atomic E-state index is -1.06. The van der Waals surface area contributed by atoms with E-state index < -0.39 is 5.97 Å². The molecule has 4 aromatic rings. The van der Waals surface area contributed by atoms with Crippen LogP contribution in [-0.4, -0.2) is 34.4 Å². The second-order valence-corrected chi connectivity index (χ2v) is 9.98. The van der Waals surface area contributed by atoms with Crippen molar-refractivity contribution in [2.45, 2.75) is 12.8 Å². The van der Waals surface area contributed by atoms with Gasteiger partial charge in [0.1, 0.15) is 5.01 Å². The van der Waals surface area contributed by atoms with Crippen molar-refractivity contribution in [3.05, 3.63) is 106 Å². The minimum absolute atomic E-state index is 0.0199. The van der Waals surface area contributed by atoms with Crippen LogP contribution in [0.15, 0.2) is 78.3 Å². The molecule has 0 radical (unpaired) electrons. The number of carbonyl (C=O) groups is 3. The fourth-order valence-electron chi connectivity index (χ4n) is 4.89. The zero-order valence-corrected chi connectivity index (χ0v) is 20.9. The van der Waals surface area contributed by atoms with Gasteiger partial charge in [-0.3, -0.25) is 9.59 Å². The van der Waals surface area contributed by atoms with Gasteiger partial charge in [0.15, 0.2) is 0 Å². The van der Waals surface area contributed by atoms with Gasteiger partial charge in [0.25, 0.3) is 5.91 Å². The molecular formula is C29H22N4O4S. The summed E-state index contributed by atoms with van der Waals surface area (Å²) in [5.41, 5.74) is 5.77. The third kappa shape index (κ3) is 4.33. The number of thiazole rings is 1. The van der Waals surface area contributed by atoms with Crippen LogP contribution in [0.5, 0.6) is 0 Å². The molecule has 0 fully saturated rings. The van der Waals surface area contributed by atoms with Gasteiger partial charge in [0.05, 0.1) is 28.9 Å². The smallest absolute Gasteiger partial charge is 0.335 e. The highest BCUT2D eigenvalue weighted by atomic mass is 32.1.